The van der Waals surface area contributed by atoms with Crippen molar-refractivity contribution in [2.24, 2.45) is 0 Å². The minimum absolute atomic E-state index is 0.274. The monoisotopic (exact) mass is 394 g/mol. The van der Waals surface area contributed by atoms with E-state index >= 15 is 0 Å². The summed E-state index contributed by atoms with van der Waals surface area (Å²) in [6.07, 6.45) is 2.55. The molecule has 1 aliphatic rings. The van der Waals surface area contributed by atoms with Crippen molar-refractivity contribution < 1.29 is 14.3 Å². The molecule has 0 aromatic heterocycles. The second-order valence-electron chi connectivity index (χ2n) is 7.70. The van der Waals surface area contributed by atoms with Crippen molar-refractivity contribution in [2.45, 2.75) is 44.7 Å². The number of carbonyl (C=O) groups excluding carboxylic acids is 2. The van der Waals surface area contributed by atoms with Crippen LogP contribution in [0.3, 0.4) is 0 Å². The largest absolute Gasteiger partial charge is 0.465 e. The first kappa shape index (κ1) is 21.1. The van der Waals surface area contributed by atoms with E-state index in [2.05, 4.69) is 41.4 Å². The molecule has 3 rings (SSSR count). The number of hydrogen-bond donors (Lipinski definition) is 1. The summed E-state index contributed by atoms with van der Waals surface area (Å²) in [6.45, 7) is 4.56. The molecule has 5 heteroatoms. The van der Waals surface area contributed by atoms with Crippen LogP contribution in [0.4, 0.5) is 0 Å². The van der Waals surface area contributed by atoms with Crippen LogP contribution in [-0.4, -0.2) is 43.0 Å². The zero-order chi connectivity index (χ0) is 20.6. The molecule has 0 aliphatic carbocycles. The van der Waals surface area contributed by atoms with Crippen molar-refractivity contribution >= 4 is 11.9 Å². The van der Waals surface area contributed by atoms with E-state index in [0.29, 0.717) is 23.9 Å². The Hall–Kier alpha value is -2.66. The average Bonchev–Trinajstić information content (AvgIpc) is 3.11. The molecule has 2 aromatic carbocycles. The lowest BCUT2D eigenvalue weighted by Gasteiger charge is -2.28. The van der Waals surface area contributed by atoms with Crippen LogP contribution in [0.2, 0.25) is 0 Å². The van der Waals surface area contributed by atoms with Gasteiger partial charge in [-0.1, -0.05) is 49.4 Å². The van der Waals surface area contributed by atoms with Crippen LogP contribution in [0.25, 0.3) is 0 Å². The molecule has 2 aromatic rings. The van der Waals surface area contributed by atoms with Crippen LogP contribution in [-0.2, 0) is 16.1 Å². The fourth-order valence-electron chi connectivity index (χ4n) is 3.90. The van der Waals surface area contributed by atoms with Gasteiger partial charge in [-0.05, 0) is 48.6 Å². The maximum Gasteiger partial charge on any atom is 0.337 e. The van der Waals surface area contributed by atoms with Gasteiger partial charge in [0.15, 0.2) is 0 Å². The molecule has 0 unspecified atom stereocenters. The number of nitrogens with one attached hydrogen (secondary N) is 1. The molecule has 0 radical (unpaired) electrons. The zero-order valence-electron chi connectivity index (χ0n) is 17.3. The summed E-state index contributed by atoms with van der Waals surface area (Å²) in [5.74, 6) is 0.290. The standard InChI is InChI=1S/C24H30N2O3/c1-18(20-6-4-3-5-7-20)17-26-22(12-13-23(26)27)14-15-25-16-19-8-10-21(11-9-19)24(28)29-2/h3-11,18,22,25H,12-17H2,1-2H3/t18-,22-/m1/s1. The predicted octanol–water partition coefficient (Wildman–Crippen LogP) is 3.75. The molecule has 1 amide bonds. The Morgan fingerprint density at radius 3 is 2.59 bits per heavy atom. The minimum Gasteiger partial charge on any atom is -0.465 e. The molecule has 154 valence electrons. The Labute approximate surface area is 173 Å². The third-order valence-electron chi connectivity index (χ3n) is 5.65. The summed E-state index contributed by atoms with van der Waals surface area (Å²) in [6, 6.07) is 18.1. The topological polar surface area (TPSA) is 58.6 Å². The van der Waals surface area contributed by atoms with Crippen molar-refractivity contribution in [3.05, 3.63) is 71.3 Å². The molecule has 0 saturated carbocycles. The average molecular weight is 395 g/mol. The lowest BCUT2D eigenvalue weighted by atomic mass is 10.00. The summed E-state index contributed by atoms with van der Waals surface area (Å²) < 4.78 is 4.72. The highest BCUT2D eigenvalue weighted by atomic mass is 16.5. The summed E-state index contributed by atoms with van der Waals surface area (Å²) >= 11 is 0. The highest BCUT2D eigenvalue weighted by Gasteiger charge is 2.31. The van der Waals surface area contributed by atoms with Crippen LogP contribution in [0.15, 0.2) is 54.6 Å². The lowest BCUT2D eigenvalue weighted by molar-refractivity contribution is -0.129. The first-order chi connectivity index (χ1) is 14.1. The number of methoxy groups -OCH3 is 1. The maximum absolute atomic E-state index is 12.4. The Balaban J connectivity index is 1.45. The van der Waals surface area contributed by atoms with Gasteiger partial charge in [-0.15, -0.1) is 0 Å². The van der Waals surface area contributed by atoms with Crippen LogP contribution < -0.4 is 5.32 Å². The molecular weight excluding hydrogens is 364 g/mol. The summed E-state index contributed by atoms with van der Waals surface area (Å²) in [7, 11) is 1.38. The quantitative estimate of drug-likeness (QED) is 0.520. The first-order valence-corrected chi connectivity index (χ1v) is 10.3. The molecule has 1 fully saturated rings. The van der Waals surface area contributed by atoms with Gasteiger partial charge < -0.3 is 15.0 Å². The molecule has 5 nitrogen and oxygen atoms in total. The van der Waals surface area contributed by atoms with Gasteiger partial charge in [0.25, 0.3) is 0 Å². The fourth-order valence-corrected chi connectivity index (χ4v) is 3.90. The Bertz CT molecular complexity index is 805. The van der Waals surface area contributed by atoms with E-state index in [0.717, 1.165) is 38.0 Å². The molecule has 2 atom stereocenters. The zero-order valence-corrected chi connectivity index (χ0v) is 17.3. The minimum atomic E-state index is -0.319. The van der Waals surface area contributed by atoms with Gasteiger partial charge in [0.2, 0.25) is 5.91 Å². The first-order valence-electron chi connectivity index (χ1n) is 10.3. The van der Waals surface area contributed by atoms with Gasteiger partial charge in [0.1, 0.15) is 0 Å². The Morgan fingerprint density at radius 1 is 1.17 bits per heavy atom. The summed E-state index contributed by atoms with van der Waals surface area (Å²) in [4.78, 5) is 25.9. The summed E-state index contributed by atoms with van der Waals surface area (Å²) in [5.41, 5.74) is 2.96. The number of carbonyl (C=O) groups is 2. The fraction of sp³-hybridized carbons (Fsp3) is 0.417. The van der Waals surface area contributed by atoms with Gasteiger partial charge in [-0.2, -0.15) is 0 Å². The van der Waals surface area contributed by atoms with E-state index in [1.54, 1.807) is 12.1 Å². The molecule has 1 heterocycles. The van der Waals surface area contributed by atoms with E-state index in [1.165, 1.54) is 12.7 Å². The van der Waals surface area contributed by atoms with E-state index < -0.39 is 0 Å². The summed E-state index contributed by atoms with van der Waals surface area (Å²) in [5, 5.41) is 3.46. The molecular formula is C24H30N2O3. The van der Waals surface area contributed by atoms with Gasteiger partial charge >= 0.3 is 5.97 Å². The normalized spacial score (nSPS) is 17.4. The van der Waals surface area contributed by atoms with Crippen molar-refractivity contribution in [1.29, 1.82) is 0 Å². The molecule has 1 N–H and O–H groups in total. The number of esters is 1. The smallest absolute Gasteiger partial charge is 0.337 e. The third kappa shape index (κ3) is 5.67. The van der Waals surface area contributed by atoms with Crippen molar-refractivity contribution in [3.63, 3.8) is 0 Å². The maximum atomic E-state index is 12.4. The van der Waals surface area contributed by atoms with Gasteiger partial charge in [-0.25, -0.2) is 4.79 Å². The molecule has 0 spiro atoms. The van der Waals surface area contributed by atoms with Crippen LogP contribution in [0.5, 0.6) is 0 Å². The number of amides is 1. The second kappa shape index (κ2) is 10.2. The highest BCUT2D eigenvalue weighted by molar-refractivity contribution is 5.89. The molecule has 1 aliphatic heterocycles. The van der Waals surface area contributed by atoms with E-state index in [9.17, 15) is 9.59 Å². The molecule has 0 bridgehead atoms. The molecule has 1 saturated heterocycles. The number of likely N-dealkylation sites (tertiary alicyclic amines) is 1. The van der Waals surface area contributed by atoms with Crippen molar-refractivity contribution in [3.8, 4) is 0 Å². The number of ether oxygens (including phenoxy) is 1. The van der Waals surface area contributed by atoms with Gasteiger partial charge in [0, 0.05) is 25.6 Å². The van der Waals surface area contributed by atoms with Crippen LogP contribution >= 0.6 is 0 Å². The second-order valence-corrected chi connectivity index (χ2v) is 7.70. The SMILES string of the molecule is COC(=O)c1ccc(CNCC[C@H]2CCC(=O)N2C[C@@H](C)c2ccccc2)cc1. The van der Waals surface area contributed by atoms with Crippen LogP contribution in [0.1, 0.15) is 53.6 Å². The number of nitrogens with zero attached hydrogens (tertiary/aromatic N) is 1. The highest BCUT2D eigenvalue weighted by Crippen LogP contribution is 2.25. The van der Waals surface area contributed by atoms with E-state index in [4.69, 9.17) is 4.74 Å². The van der Waals surface area contributed by atoms with Gasteiger partial charge in [-0.3, -0.25) is 4.79 Å². The van der Waals surface area contributed by atoms with Crippen LogP contribution in [0, 0.1) is 0 Å². The third-order valence-corrected chi connectivity index (χ3v) is 5.65. The Morgan fingerprint density at radius 2 is 1.90 bits per heavy atom. The number of benzene rings is 2. The Kier molecular flexibility index (Phi) is 7.42. The van der Waals surface area contributed by atoms with Crippen molar-refractivity contribution in [1.82, 2.24) is 10.2 Å². The molecule has 29 heavy (non-hydrogen) atoms. The van der Waals surface area contributed by atoms with Gasteiger partial charge in [0.05, 0.1) is 12.7 Å². The lowest BCUT2D eigenvalue weighted by Crippen LogP contribution is -2.37. The number of rotatable bonds is 9. The van der Waals surface area contributed by atoms with Crippen molar-refractivity contribution in [2.75, 3.05) is 20.2 Å². The predicted molar refractivity (Wildman–Crippen MR) is 114 cm³/mol. The van der Waals surface area contributed by atoms with E-state index in [1.807, 2.05) is 18.2 Å². The van der Waals surface area contributed by atoms with E-state index in [-0.39, 0.29) is 11.9 Å². The number of hydrogen-bond acceptors (Lipinski definition) is 4.